The molecule has 0 heterocycles. The van der Waals surface area contributed by atoms with E-state index in [1.807, 2.05) is 19.9 Å². The molecular weight excluding hydrogens is 317 g/mol. The summed E-state index contributed by atoms with van der Waals surface area (Å²) in [5, 5.41) is 9.54. The number of phenols is 1. The number of carbonyl (C=O) groups is 1. The molecule has 0 radical (unpaired) electrons. The first-order chi connectivity index (χ1) is 11.9. The van der Waals surface area contributed by atoms with E-state index in [2.05, 4.69) is 0 Å². The molecule has 0 aliphatic rings. The minimum atomic E-state index is -0.567. The van der Waals surface area contributed by atoms with Crippen LogP contribution in [0.1, 0.15) is 21.5 Å². The molecule has 0 unspecified atom stereocenters. The average Bonchev–Trinajstić information content (AvgIpc) is 2.57. The van der Waals surface area contributed by atoms with Gasteiger partial charge in [0.2, 0.25) is 5.91 Å². The number of rotatable bonds is 3. The summed E-state index contributed by atoms with van der Waals surface area (Å²) in [6.07, 6.45) is 0. The molecule has 4 heteroatoms. The lowest BCUT2D eigenvalue weighted by atomic mass is 9.87. The van der Waals surface area contributed by atoms with E-state index in [4.69, 9.17) is 5.73 Å². The van der Waals surface area contributed by atoms with Crippen LogP contribution in [0.4, 0.5) is 4.39 Å². The van der Waals surface area contributed by atoms with Crippen LogP contribution in [0.3, 0.4) is 0 Å². The maximum atomic E-state index is 13.9. The summed E-state index contributed by atoms with van der Waals surface area (Å²) in [7, 11) is 0. The van der Waals surface area contributed by atoms with E-state index in [1.54, 1.807) is 36.4 Å². The van der Waals surface area contributed by atoms with Gasteiger partial charge in [0.25, 0.3) is 0 Å². The maximum Gasteiger partial charge on any atom is 0.249 e. The Labute approximate surface area is 145 Å². The molecule has 1 amide bonds. The van der Waals surface area contributed by atoms with Crippen molar-refractivity contribution in [2.45, 2.75) is 13.8 Å². The van der Waals surface area contributed by atoms with Gasteiger partial charge in [-0.2, -0.15) is 0 Å². The van der Waals surface area contributed by atoms with Crippen LogP contribution in [0.15, 0.2) is 54.6 Å². The molecule has 3 rings (SSSR count). The lowest BCUT2D eigenvalue weighted by Gasteiger charge is -2.17. The molecule has 3 nitrogen and oxygen atoms in total. The summed E-state index contributed by atoms with van der Waals surface area (Å²) >= 11 is 0. The minimum Gasteiger partial charge on any atom is -0.508 e. The van der Waals surface area contributed by atoms with E-state index >= 15 is 0 Å². The minimum absolute atomic E-state index is 0.148. The van der Waals surface area contributed by atoms with Gasteiger partial charge in [0.15, 0.2) is 0 Å². The summed E-state index contributed by atoms with van der Waals surface area (Å²) in [6, 6.07) is 14.8. The summed E-state index contributed by atoms with van der Waals surface area (Å²) in [4.78, 5) is 12.1. The number of hydrogen-bond donors (Lipinski definition) is 2. The highest BCUT2D eigenvalue weighted by atomic mass is 19.1. The molecule has 3 aromatic rings. The SMILES string of the molecule is Cc1cc(C(N)=O)c(-c2cc(F)ccc2C)c(-c2ccc(O)cc2)c1. The van der Waals surface area contributed by atoms with Gasteiger partial charge in [0, 0.05) is 11.1 Å². The van der Waals surface area contributed by atoms with Crippen LogP contribution in [-0.4, -0.2) is 11.0 Å². The number of amides is 1. The van der Waals surface area contributed by atoms with Crippen LogP contribution in [0.25, 0.3) is 22.3 Å². The van der Waals surface area contributed by atoms with Crippen LogP contribution in [0, 0.1) is 19.7 Å². The fourth-order valence-electron chi connectivity index (χ4n) is 3.00. The molecule has 0 fully saturated rings. The number of nitrogens with two attached hydrogens (primary N) is 1. The van der Waals surface area contributed by atoms with Gasteiger partial charge < -0.3 is 10.8 Å². The summed E-state index contributed by atoms with van der Waals surface area (Å²) in [5.41, 5.74) is 10.5. The molecule has 25 heavy (non-hydrogen) atoms. The molecule has 126 valence electrons. The lowest BCUT2D eigenvalue weighted by Crippen LogP contribution is -2.13. The predicted octanol–water partition coefficient (Wildman–Crippen LogP) is 4.58. The Kier molecular flexibility index (Phi) is 4.28. The zero-order chi connectivity index (χ0) is 18.1. The fraction of sp³-hybridized carbons (Fsp3) is 0.0952. The Bertz CT molecular complexity index is 962. The normalized spacial score (nSPS) is 10.7. The Balaban J connectivity index is 2.40. The molecule has 3 N–H and O–H groups in total. The number of hydrogen-bond acceptors (Lipinski definition) is 2. The zero-order valence-corrected chi connectivity index (χ0v) is 14.0. The quantitative estimate of drug-likeness (QED) is 0.736. The van der Waals surface area contributed by atoms with Gasteiger partial charge in [0.05, 0.1) is 0 Å². The molecular formula is C21H18FNO2. The second kappa shape index (κ2) is 6.40. The predicted molar refractivity (Wildman–Crippen MR) is 96.9 cm³/mol. The Morgan fingerprint density at radius 2 is 1.64 bits per heavy atom. The van der Waals surface area contributed by atoms with Crippen molar-refractivity contribution in [3.05, 3.63) is 77.1 Å². The smallest absolute Gasteiger partial charge is 0.249 e. The first-order valence-corrected chi connectivity index (χ1v) is 7.87. The van der Waals surface area contributed by atoms with E-state index in [-0.39, 0.29) is 11.6 Å². The van der Waals surface area contributed by atoms with Gasteiger partial charge in [-0.3, -0.25) is 4.79 Å². The van der Waals surface area contributed by atoms with Crippen LogP contribution in [0.5, 0.6) is 5.75 Å². The largest absolute Gasteiger partial charge is 0.508 e. The molecule has 0 saturated carbocycles. The summed E-state index contributed by atoms with van der Waals surface area (Å²) in [5.74, 6) is -0.800. The van der Waals surface area contributed by atoms with Crippen molar-refractivity contribution in [2.24, 2.45) is 5.73 Å². The van der Waals surface area contributed by atoms with Gasteiger partial charge in [0.1, 0.15) is 11.6 Å². The number of phenolic OH excluding ortho intramolecular Hbond substituents is 1. The maximum absolute atomic E-state index is 13.9. The molecule has 0 aromatic heterocycles. The van der Waals surface area contributed by atoms with Crippen molar-refractivity contribution >= 4 is 5.91 Å². The lowest BCUT2D eigenvalue weighted by molar-refractivity contribution is 0.100. The van der Waals surface area contributed by atoms with Gasteiger partial charge in [-0.15, -0.1) is 0 Å². The molecule has 0 atom stereocenters. The van der Waals surface area contributed by atoms with Crippen molar-refractivity contribution in [3.8, 4) is 28.0 Å². The molecule has 0 bridgehead atoms. The summed E-state index contributed by atoms with van der Waals surface area (Å²) < 4.78 is 13.9. The molecule has 0 aliphatic carbocycles. The van der Waals surface area contributed by atoms with Crippen molar-refractivity contribution in [3.63, 3.8) is 0 Å². The second-order valence-electron chi connectivity index (χ2n) is 6.11. The van der Waals surface area contributed by atoms with E-state index in [9.17, 15) is 14.3 Å². The highest BCUT2D eigenvalue weighted by molar-refractivity contribution is 6.04. The van der Waals surface area contributed by atoms with Crippen molar-refractivity contribution < 1.29 is 14.3 Å². The third-order valence-electron chi connectivity index (χ3n) is 4.20. The van der Waals surface area contributed by atoms with Gasteiger partial charge >= 0.3 is 0 Å². The van der Waals surface area contributed by atoms with E-state index in [0.717, 1.165) is 22.3 Å². The molecule has 0 aliphatic heterocycles. The molecule has 0 spiro atoms. The summed E-state index contributed by atoms with van der Waals surface area (Å²) in [6.45, 7) is 3.73. The Morgan fingerprint density at radius 3 is 2.28 bits per heavy atom. The third kappa shape index (κ3) is 3.24. The monoisotopic (exact) mass is 335 g/mol. The van der Waals surface area contributed by atoms with E-state index in [1.165, 1.54) is 12.1 Å². The Morgan fingerprint density at radius 1 is 0.960 bits per heavy atom. The van der Waals surface area contributed by atoms with E-state index in [0.29, 0.717) is 16.7 Å². The van der Waals surface area contributed by atoms with Crippen LogP contribution in [0.2, 0.25) is 0 Å². The first-order valence-electron chi connectivity index (χ1n) is 7.87. The molecule has 3 aromatic carbocycles. The fourth-order valence-corrected chi connectivity index (χ4v) is 3.00. The van der Waals surface area contributed by atoms with E-state index < -0.39 is 5.91 Å². The number of primary amides is 1. The van der Waals surface area contributed by atoms with Gasteiger partial charge in [-0.05, 0) is 72.0 Å². The Hall–Kier alpha value is -3.14. The standard InChI is InChI=1S/C21H18FNO2/c1-12-9-18(14-4-7-16(24)8-5-14)20(19(10-12)21(23)25)17-11-15(22)6-3-13(17)2/h3-11,24H,1-2H3,(H2,23,25). The number of aromatic hydroxyl groups is 1. The van der Waals surface area contributed by atoms with Crippen LogP contribution in [-0.2, 0) is 0 Å². The highest BCUT2D eigenvalue weighted by Gasteiger charge is 2.19. The number of carbonyl (C=O) groups excluding carboxylic acids is 1. The van der Waals surface area contributed by atoms with Crippen molar-refractivity contribution in [1.29, 1.82) is 0 Å². The van der Waals surface area contributed by atoms with Crippen molar-refractivity contribution in [2.75, 3.05) is 0 Å². The third-order valence-corrected chi connectivity index (χ3v) is 4.20. The van der Waals surface area contributed by atoms with Crippen LogP contribution < -0.4 is 5.73 Å². The van der Waals surface area contributed by atoms with Gasteiger partial charge in [-0.1, -0.05) is 24.3 Å². The van der Waals surface area contributed by atoms with Crippen molar-refractivity contribution in [1.82, 2.24) is 0 Å². The second-order valence-corrected chi connectivity index (χ2v) is 6.11. The van der Waals surface area contributed by atoms with Gasteiger partial charge in [-0.25, -0.2) is 4.39 Å². The zero-order valence-electron chi connectivity index (χ0n) is 14.0. The number of halogens is 1. The topological polar surface area (TPSA) is 63.3 Å². The first kappa shape index (κ1) is 16.7. The van der Waals surface area contributed by atoms with Crippen LogP contribution >= 0.6 is 0 Å². The highest BCUT2D eigenvalue weighted by Crippen LogP contribution is 2.38. The number of benzene rings is 3. The number of aryl methyl sites for hydroxylation is 2. The average molecular weight is 335 g/mol. The molecule has 0 saturated heterocycles.